The van der Waals surface area contributed by atoms with Crippen LogP contribution in [0, 0.1) is 25.5 Å². The first-order valence-electron chi connectivity index (χ1n) is 6.98. The first-order chi connectivity index (χ1) is 10.9. The number of aromatic nitrogens is 1. The summed E-state index contributed by atoms with van der Waals surface area (Å²) >= 11 is 0. The summed E-state index contributed by atoms with van der Waals surface area (Å²) in [7, 11) is 0. The van der Waals surface area contributed by atoms with Gasteiger partial charge in [0.05, 0.1) is 16.8 Å². The van der Waals surface area contributed by atoms with Crippen LogP contribution in [0.15, 0.2) is 36.4 Å². The highest BCUT2D eigenvalue weighted by Gasteiger charge is 2.16. The Bertz CT molecular complexity index is 951. The van der Waals surface area contributed by atoms with Gasteiger partial charge in [-0.2, -0.15) is 0 Å². The predicted octanol–water partition coefficient (Wildman–Crippen LogP) is 4.50. The molecule has 1 heterocycles. The Labute approximate surface area is 131 Å². The number of hydrogen-bond acceptors (Lipinski definition) is 2. The van der Waals surface area contributed by atoms with Crippen molar-refractivity contribution < 1.29 is 18.7 Å². The van der Waals surface area contributed by atoms with Crippen molar-refractivity contribution in [3.63, 3.8) is 0 Å². The molecule has 3 aromatic rings. The fourth-order valence-electron chi connectivity index (χ4n) is 2.61. The van der Waals surface area contributed by atoms with Crippen LogP contribution in [0.3, 0.4) is 0 Å². The largest absolute Gasteiger partial charge is 0.478 e. The number of carboxylic acid groups (broad SMARTS) is 1. The number of carboxylic acids is 1. The van der Waals surface area contributed by atoms with Crippen molar-refractivity contribution in [2.75, 3.05) is 0 Å². The van der Waals surface area contributed by atoms with Gasteiger partial charge in [0.2, 0.25) is 0 Å². The Kier molecular flexibility index (Phi) is 3.56. The second kappa shape index (κ2) is 5.43. The average molecular weight is 313 g/mol. The summed E-state index contributed by atoms with van der Waals surface area (Å²) in [6.07, 6.45) is 0. The second-order valence-electron chi connectivity index (χ2n) is 5.41. The molecule has 3 rings (SSSR count). The van der Waals surface area contributed by atoms with Crippen molar-refractivity contribution in [3.8, 4) is 11.3 Å². The minimum absolute atomic E-state index is 0.0935. The minimum atomic E-state index is -1.09. The van der Waals surface area contributed by atoms with Crippen molar-refractivity contribution in [2.24, 2.45) is 0 Å². The van der Waals surface area contributed by atoms with Crippen LogP contribution in [-0.2, 0) is 0 Å². The number of fused-ring (bicyclic) bond motifs is 1. The quantitative estimate of drug-likeness (QED) is 0.758. The zero-order valence-corrected chi connectivity index (χ0v) is 12.5. The lowest BCUT2D eigenvalue weighted by atomic mass is 9.98. The molecule has 0 aliphatic rings. The molecule has 0 spiro atoms. The van der Waals surface area contributed by atoms with Crippen LogP contribution in [0.2, 0.25) is 0 Å². The van der Waals surface area contributed by atoms with Crippen LogP contribution in [0.1, 0.15) is 21.5 Å². The fraction of sp³-hybridized carbons (Fsp3) is 0.111. The zero-order valence-electron chi connectivity index (χ0n) is 12.5. The molecule has 116 valence electrons. The average Bonchev–Trinajstić information content (AvgIpc) is 2.52. The van der Waals surface area contributed by atoms with E-state index in [1.165, 1.54) is 12.1 Å². The first kappa shape index (κ1) is 15.1. The third-order valence-corrected chi connectivity index (χ3v) is 3.82. The lowest BCUT2D eigenvalue weighted by Gasteiger charge is -2.11. The molecule has 0 unspecified atom stereocenters. The molecule has 3 nitrogen and oxygen atoms in total. The van der Waals surface area contributed by atoms with Gasteiger partial charge in [0.25, 0.3) is 0 Å². The van der Waals surface area contributed by atoms with E-state index in [4.69, 9.17) is 0 Å². The molecule has 0 saturated heterocycles. The Morgan fingerprint density at radius 1 is 1.00 bits per heavy atom. The number of aryl methyl sites for hydroxylation is 2. The Morgan fingerprint density at radius 2 is 1.70 bits per heavy atom. The lowest BCUT2D eigenvalue weighted by Crippen LogP contribution is -2.03. The molecule has 0 saturated carbocycles. The van der Waals surface area contributed by atoms with Crippen LogP contribution >= 0.6 is 0 Å². The Morgan fingerprint density at radius 3 is 2.35 bits per heavy atom. The van der Waals surface area contributed by atoms with Crippen molar-refractivity contribution in [1.29, 1.82) is 0 Å². The maximum Gasteiger partial charge on any atom is 0.336 e. The number of nitrogens with zero attached hydrogens (tertiary/aromatic N) is 1. The monoisotopic (exact) mass is 313 g/mol. The smallest absolute Gasteiger partial charge is 0.336 e. The number of carbonyl (C=O) groups is 1. The second-order valence-corrected chi connectivity index (χ2v) is 5.41. The highest BCUT2D eigenvalue weighted by molar-refractivity contribution is 6.05. The van der Waals surface area contributed by atoms with E-state index in [0.29, 0.717) is 22.2 Å². The van der Waals surface area contributed by atoms with Gasteiger partial charge in [0.1, 0.15) is 0 Å². The number of pyridine rings is 1. The van der Waals surface area contributed by atoms with Crippen LogP contribution in [0.5, 0.6) is 0 Å². The van der Waals surface area contributed by atoms with E-state index >= 15 is 0 Å². The lowest BCUT2D eigenvalue weighted by molar-refractivity contribution is 0.0699. The molecule has 1 N–H and O–H groups in total. The van der Waals surface area contributed by atoms with E-state index < -0.39 is 17.6 Å². The molecule has 5 heteroatoms. The van der Waals surface area contributed by atoms with E-state index in [0.717, 1.165) is 23.3 Å². The third-order valence-electron chi connectivity index (χ3n) is 3.82. The first-order valence-corrected chi connectivity index (χ1v) is 6.98. The zero-order chi connectivity index (χ0) is 16.7. The van der Waals surface area contributed by atoms with Crippen LogP contribution in [-0.4, -0.2) is 16.1 Å². The van der Waals surface area contributed by atoms with Gasteiger partial charge in [-0.1, -0.05) is 12.1 Å². The molecule has 1 aromatic heterocycles. The number of benzene rings is 2. The SMILES string of the molecule is Cc1ccc(C)c2c(C(=O)O)cc(-c3ccc(F)c(F)c3)nc12. The molecule has 0 amide bonds. The van der Waals surface area contributed by atoms with Crippen LogP contribution in [0.4, 0.5) is 8.78 Å². The Balaban J connectivity index is 2.37. The highest BCUT2D eigenvalue weighted by Crippen LogP contribution is 2.29. The molecule has 23 heavy (non-hydrogen) atoms. The molecule has 0 aliphatic heterocycles. The molecule has 0 aliphatic carbocycles. The van der Waals surface area contributed by atoms with Crippen LogP contribution in [0.25, 0.3) is 22.2 Å². The van der Waals surface area contributed by atoms with Gasteiger partial charge < -0.3 is 5.11 Å². The summed E-state index contributed by atoms with van der Waals surface area (Å²) in [5.74, 6) is -3.04. The van der Waals surface area contributed by atoms with Gasteiger partial charge in [-0.15, -0.1) is 0 Å². The summed E-state index contributed by atoms with van der Waals surface area (Å²) in [6, 6.07) is 8.47. The van der Waals surface area contributed by atoms with E-state index in [-0.39, 0.29) is 5.56 Å². The molecular weight excluding hydrogens is 300 g/mol. The van der Waals surface area contributed by atoms with Gasteiger partial charge in [0.15, 0.2) is 11.6 Å². The summed E-state index contributed by atoms with van der Waals surface area (Å²) in [4.78, 5) is 16.1. The summed E-state index contributed by atoms with van der Waals surface area (Å²) in [5.41, 5.74) is 2.88. The molecule has 0 radical (unpaired) electrons. The molecule has 0 fully saturated rings. The number of hydrogen-bond donors (Lipinski definition) is 1. The van der Waals surface area contributed by atoms with Gasteiger partial charge in [0, 0.05) is 10.9 Å². The number of aromatic carboxylic acids is 1. The van der Waals surface area contributed by atoms with Crippen molar-refractivity contribution in [3.05, 3.63) is 64.7 Å². The summed E-state index contributed by atoms with van der Waals surface area (Å²) in [5, 5.41) is 10.1. The number of halogens is 2. The van der Waals surface area contributed by atoms with Gasteiger partial charge in [-0.05, 0) is 49.2 Å². The molecule has 0 bridgehead atoms. The topological polar surface area (TPSA) is 50.2 Å². The van der Waals surface area contributed by atoms with Gasteiger partial charge in [-0.25, -0.2) is 18.6 Å². The van der Waals surface area contributed by atoms with Crippen molar-refractivity contribution in [2.45, 2.75) is 13.8 Å². The summed E-state index contributed by atoms with van der Waals surface area (Å²) in [6.45, 7) is 3.64. The van der Waals surface area contributed by atoms with E-state index in [2.05, 4.69) is 4.98 Å². The van der Waals surface area contributed by atoms with Crippen molar-refractivity contribution in [1.82, 2.24) is 4.98 Å². The molecular formula is C18H13F2NO2. The minimum Gasteiger partial charge on any atom is -0.478 e. The highest BCUT2D eigenvalue weighted by atomic mass is 19.2. The van der Waals surface area contributed by atoms with Crippen LogP contribution < -0.4 is 0 Å². The molecule has 0 atom stereocenters. The van der Waals surface area contributed by atoms with E-state index in [1.54, 1.807) is 0 Å². The van der Waals surface area contributed by atoms with E-state index in [9.17, 15) is 18.7 Å². The summed E-state index contributed by atoms with van der Waals surface area (Å²) < 4.78 is 26.6. The maximum absolute atomic E-state index is 13.5. The predicted molar refractivity (Wildman–Crippen MR) is 83.5 cm³/mol. The fourth-order valence-corrected chi connectivity index (χ4v) is 2.61. The Hall–Kier alpha value is -2.82. The molecule has 2 aromatic carbocycles. The van der Waals surface area contributed by atoms with E-state index in [1.807, 2.05) is 26.0 Å². The van der Waals surface area contributed by atoms with Gasteiger partial charge >= 0.3 is 5.97 Å². The maximum atomic E-state index is 13.5. The third kappa shape index (κ3) is 2.54. The van der Waals surface area contributed by atoms with Crippen molar-refractivity contribution >= 4 is 16.9 Å². The van der Waals surface area contributed by atoms with Gasteiger partial charge in [-0.3, -0.25) is 0 Å². The standard InChI is InChI=1S/C18H13F2NO2/c1-9-3-4-10(2)17-16(9)12(18(22)23)8-15(21-17)11-5-6-13(19)14(20)7-11/h3-8H,1-2H3,(H,22,23). The normalized spacial score (nSPS) is 11.0. The number of rotatable bonds is 2.